The van der Waals surface area contributed by atoms with Gasteiger partial charge in [0.15, 0.2) is 0 Å². The molecule has 92 valence electrons. The first-order valence-corrected chi connectivity index (χ1v) is 5.01. The molecule has 1 aliphatic rings. The SMILES string of the molecule is C=C[C@@H](c1ccoc1)N1CCNCC1.Cl.Cl. The fourth-order valence-electron chi connectivity index (χ4n) is 1.90. The molecule has 1 N–H and O–H groups in total. The van der Waals surface area contributed by atoms with E-state index in [4.69, 9.17) is 4.42 Å². The van der Waals surface area contributed by atoms with Gasteiger partial charge in [-0.1, -0.05) is 6.08 Å². The van der Waals surface area contributed by atoms with Crippen LogP contribution in [0.25, 0.3) is 0 Å². The van der Waals surface area contributed by atoms with Gasteiger partial charge >= 0.3 is 0 Å². The summed E-state index contributed by atoms with van der Waals surface area (Å²) in [6, 6.07) is 2.31. The Bertz CT molecular complexity index is 284. The Morgan fingerprint density at radius 3 is 2.56 bits per heavy atom. The zero-order valence-corrected chi connectivity index (χ0v) is 10.7. The van der Waals surface area contributed by atoms with Crippen molar-refractivity contribution in [3.8, 4) is 0 Å². The zero-order chi connectivity index (χ0) is 9.80. The Morgan fingerprint density at radius 2 is 2.06 bits per heavy atom. The van der Waals surface area contributed by atoms with Crippen LogP contribution in [0.15, 0.2) is 35.7 Å². The highest BCUT2D eigenvalue weighted by Gasteiger charge is 2.19. The van der Waals surface area contributed by atoms with Gasteiger partial charge in [-0.3, -0.25) is 4.90 Å². The van der Waals surface area contributed by atoms with Crippen LogP contribution < -0.4 is 5.32 Å². The maximum absolute atomic E-state index is 5.10. The Labute approximate surface area is 109 Å². The number of nitrogens with one attached hydrogen (secondary N) is 1. The summed E-state index contributed by atoms with van der Waals surface area (Å²) >= 11 is 0. The Balaban J connectivity index is 0.00000112. The summed E-state index contributed by atoms with van der Waals surface area (Å²) < 4.78 is 5.10. The van der Waals surface area contributed by atoms with Crippen molar-refractivity contribution in [3.05, 3.63) is 36.8 Å². The van der Waals surface area contributed by atoms with Crippen LogP contribution in [-0.4, -0.2) is 31.1 Å². The highest BCUT2D eigenvalue weighted by molar-refractivity contribution is 5.85. The molecule has 1 aliphatic heterocycles. The number of hydrogen-bond acceptors (Lipinski definition) is 3. The number of furan rings is 1. The summed E-state index contributed by atoms with van der Waals surface area (Å²) in [7, 11) is 0. The zero-order valence-electron chi connectivity index (χ0n) is 9.09. The normalized spacial score (nSPS) is 18.0. The minimum atomic E-state index is 0. The highest BCUT2D eigenvalue weighted by Crippen LogP contribution is 2.22. The molecule has 0 spiro atoms. The average Bonchev–Trinajstić information content (AvgIpc) is 2.74. The molecule has 1 aromatic rings. The van der Waals surface area contributed by atoms with E-state index in [9.17, 15) is 0 Å². The van der Waals surface area contributed by atoms with Gasteiger partial charge in [0.25, 0.3) is 0 Å². The maximum Gasteiger partial charge on any atom is 0.0953 e. The lowest BCUT2D eigenvalue weighted by Gasteiger charge is -2.32. The molecule has 16 heavy (non-hydrogen) atoms. The monoisotopic (exact) mass is 264 g/mol. The van der Waals surface area contributed by atoms with Crippen molar-refractivity contribution >= 4 is 24.8 Å². The van der Waals surface area contributed by atoms with Gasteiger partial charge in [-0.2, -0.15) is 0 Å². The smallest absolute Gasteiger partial charge is 0.0953 e. The van der Waals surface area contributed by atoms with Gasteiger partial charge in [-0.25, -0.2) is 0 Å². The van der Waals surface area contributed by atoms with E-state index in [1.54, 1.807) is 12.5 Å². The van der Waals surface area contributed by atoms with Crippen LogP contribution in [0.2, 0.25) is 0 Å². The molecule has 0 aliphatic carbocycles. The molecular weight excluding hydrogens is 247 g/mol. The largest absolute Gasteiger partial charge is 0.472 e. The second-order valence-electron chi connectivity index (χ2n) is 3.52. The van der Waals surface area contributed by atoms with E-state index < -0.39 is 0 Å². The lowest BCUT2D eigenvalue weighted by atomic mass is 10.1. The lowest BCUT2D eigenvalue weighted by molar-refractivity contribution is 0.203. The van der Waals surface area contributed by atoms with Crippen LogP contribution in [-0.2, 0) is 0 Å². The molecule has 0 amide bonds. The lowest BCUT2D eigenvalue weighted by Crippen LogP contribution is -2.44. The molecule has 0 aromatic carbocycles. The summed E-state index contributed by atoms with van der Waals surface area (Å²) in [5, 5.41) is 3.34. The van der Waals surface area contributed by atoms with E-state index in [2.05, 4.69) is 16.8 Å². The third-order valence-corrected chi connectivity index (χ3v) is 2.65. The number of hydrogen-bond donors (Lipinski definition) is 1. The van der Waals surface area contributed by atoms with Crippen molar-refractivity contribution < 1.29 is 4.42 Å². The minimum Gasteiger partial charge on any atom is -0.472 e. The van der Waals surface area contributed by atoms with Crippen LogP contribution in [0, 0.1) is 0 Å². The Morgan fingerprint density at radius 1 is 1.38 bits per heavy atom. The molecule has 1 fully saturated rings. The molecule has 1 atom stereocenters. The number of piperazine rings is 1. The molecule has 3 nitrogen and oxygen atoms in total. The predicted octanol–water partition coefficient (Wildman–Crippen LogP) is 2.26. The van der Waals surface area contributed by atoms with Gasteiger partial charge in [-0.05, 0) is 6.07 Å². The van der Waals surface area contributed by atoms with Crippen LogP contribution in [0.5, 0.6) is 0 Å². The Kier molecular flexibility index (Phi) is 7.51. The van der Waals surface area contributed by atoms with Crippen molar-refractivity contribution in [3.63, 3.8) is 0 Å². The van der Waals surface area contributed by atoms with Gasteiger partial charge in [-0.15, -0.1) is 31.4 Å². The van der Waals surface area contributed by atoms with E-state index in [-0.39, 0.29) is 24.8 Å². The first-order chi connectivity index (χ1) is 6.92. The van der Waals surface area contributed by atoms with Crippen LogP contribution in [0.1, 0.15) is 11.6 Å². The minimum absolute atomic E-state index is 0. The van der Waals surface area contributed by atoms with Crippen molar-refractivity contribution in [2.24, 2.45) is 0 Å². The molecule has 0 bridgehead atoms. The third-order valence-electron chi connectivity index (χ3n) is 2.65. The van der Waals surface area contributed by atoms with Gasteiger partial charge in [0.2, 0.25) is 0 Å². The summed E-state index contributed by atoms with van der Waals surface area (Å²) in [6.07, 6.45) is 5.50. The van der Waals surface area contributed by atoms with Crippen molar-refractivity contribution in [2.75, 3.05) is 26.2 Å². The molecule has 2 rings (SSSR count). The van der Waals surface area contributed by atoms with E-state index >= 15 is 0 Å². The summed E-state index contributed by atoms with van der Waals surface area (Å²) in [6.45, 7) is 8.15. The van der Waals surface area contributed by atoms with Crippen LogP contribution in [0.3, 0.4) is 0 Å². The molecule has 5 heteroatoms. The molecule has 0 unspecified atom stereocenters. The fraction of sp³-hybridized carbons (Fsp3) is 0.455. The van der Waals surface area contributed by atoms with Crippen LogP contribution in [0.4, 0.5) is 0 Å². The quantitative estimate of drug-likeness (QED) is 0.850. The van der Waals surface area contributed by atoms with E-state index in [1.807, 2.05) is 12.1 Å². The van der Waals surface area contributed by atoms with Gasteiger partial charge < -0.3 is 9.73 Å². The molecule has 0 saturated carbocycles. The fourth-order valence-corrected chi connectivity index (χ4v) is 1.90. The van der Waals surface area contributed by atoms with E-state index in [1.165, 1.54) is 5.56 Å². The first kappa shape index (κ1) is 15.5. The third kappa shape index (κ3) is 3.52. The maximum atomic E-state index is 5.10. The molecule has 0 radical (unpaired) electrons. The molecule has 1 aromatic heterocycles. The number of nitrogens with zero attached hydrogens (tertiary/aromatic N) is 1. The number of halogens is 2. The highest BCUT2D eigenvalue weighted by atomic mass is 35.5. The van der Waals surface area contributed by atoms with Gasteiger partial charge in [0.05, 0.1) is 18.6 Å². The van der Waals surface area contributed by atoms with Gasteiger partial charge in [0.1, 0.15) is 0 Å². The molecular formula is C11H18Cl2N2O. The number of rotatable bonds is 3. The average molecular weight is 265 g/mol. The second kappa shape index (κ2) is 7.74. The van der Waals surface area contributed by atoms with Gasteiger partial charge in [0, 0.05) is 31.7 Å². The molecule has 2 heterocycles. The second-order valence-corrected chi connectivity index (χ2v) is 3.52. The van der Waals surface area contributed by atoms with Crippen LogP contribution >= 0.6 is 24.8 Å². The summed E-state index contributed by atoms with van der Waals surface area (Å²) in [5.41, 5.74) is 1.20. The standard InChI is InChI=1S/C11H16N2O.2ClH/c1-2-11(10-3-8-14-9-10)13-6-4-12-5-7-13;;/h2-3,8-9,11-12H,1,4-7H2;2*1H/t11-;;/m0../s1. The van der Waals surface area contributed by atoms with E-state index in [0.717, 1.165) is 26.2 Å². The summed E-state index contributed by atoms with van der Waals surface area (Å²) in [4.78, 5) is 2.41. The Hall–Kier alpha value is -0.480. The summed E-state index contributed by atoms with van der Waals surface area (Å²) in [5.74, 6) is 0. The van der Waals surface area contributed by atoms with Crippen molar-refractivity contribution in [1.29, 1.82) is 0 Å². The molecule has 1 saturated heterocycles. The van der Waals surface area contributed by atoms with Crippen molar-refractivity contribution in [2.45, 2.75) is 6.04 Å². The first-order valence-electron chi connectivity index (χ1n) is 5.01. The topological polar surface area (TPSA) is 28.4 Å². The van der Waals surface area contributed by atoms with Crippen molar-refractivity contribution in [1.82, 2.24) is 10.2 Å². The predicted molar refractivity (Wildman–Crippen MR) is 70.6 cm³/mol. The van der Waals surface area contributed by atoms with E-state index in [0.29, 0.717) is 6.04 Å².